The fourth-order valence-corrected chi connectivity index (χ4v) is 3.62. The lowest BCUT2D eigenvalue weighted by atomic mass is 9.83. The number of nitrogens with two attached hydrogens (primary N) is 1. The first-order valence-electron chi connectivity index (χ1n) is 9.69. The summed E-state index contributed by atoms with van der Waals surface area (Å²) in [5, 5.41) is 11.8. The van der Waals surface area contributed by atoms with E-state index in [0.29, 0.717) is 13.0 Å². The third kappa shape index (κ3) is 7.67. The Hall–Kier alpha value is -0.610. The molecule has 2 atom stereocenters. The number of hydrazine groups is 1. The SMILES string of the molecule is CCCCN(N)C(=O)[C@@H](C[C@@H](O)CCC1CCCCC1)C(C)C. The maximum absolute atomic E-state index is 12.5. The van der Waals surface area contributed by atoms with E-state index in [1.54, 1.807) is 0 Å². The summed E-state index contributed by atoms with van der Waals surface area (Å²) in [5.74, 6) is 6.72. The van der Waals surface area contributed by atoms with Crippen LogP contribution < -0.4 is 5.84 Å². The molecule has 0 radical (unpaired) electrons. The van der Waals surface area contributed by atoms with Gasteiger partial charge in [0, 0.05) is 12.5 Å². The predicted octanol–water partition coefficient (Wildman–Crippen LogP) is 3.87. The van der Waals surface area contributed by atoms with Gasteiger partial charge in [0.1, 0.15) is 0 Å². The van der Waals surface area contributed by atoms with Gasteiger partial charge >= 0.3 is 0 Å². The molecule has 1 rings (SSSR count). The second-order valence-corrected chi connectivity index (χ2v) is 7.71. The van der Waals surface area contributed by atoms with Gasteiger partial charge in [-0.3, -0.25) is 9.80 Å². The minimum absolute atomic E-state index is 0.00911. The molecule has 4 nitrogen and oxygen atoms in total. The first kappa shape index (κ1) is 20.4. The average Bonchev–Trinajstić information content (AvgIpc) is 2.55. The fourth-order valence-electron chi connectivity index (χ4n) is 3.62. The zero-order valence-electron chi connectivity index (χ0n) is 15.5. The van der Waals surface area contributed by atoms with Crippen LogP contribution in [0.25, 0.3) is 0 Å². The number of carbonyl (C=O) groups excluding carboxylic acids is 1. The molecule has 3 N–H and O–H groups in total. The lowest BCUT2D eigenvalue weighted by molar-refractivity contribution is -0.138. The Kier molecular flexibility index (Phi) is 9.80. The Morgan fingerprint density at radius 2 is 1.91 bits per heavy atom. The molecule has 0 saturated heterocycles. The molecule has 1 aliphatic carbocycles. The molecule has 1 amide bonds. The number of rotatable bonds is 10. The van der Waals surface area contributed by atoms with E-state index in [9.17, 15) is 9.90 Å². The van der Waals surface area contributed by atoms with Crippen LogP contribution in [0, 0.1) is 17.8 Å². The highest BCUT2D eigenvalue weighted by molar-refractivity contribution is 5.78. The van der Waals surface area contributed by atoms with Crippen LogP contribution in [0.3, 0.4) is 0 Å². The van der Waals surface area contributed by atoms with Gasteiger partial charge in [-0.05, 0) is 37.5 Å². The average molecular weight is 327 g/mol. The first-order chi connectivity index (χ1) is 11.0. The Labute approximate surface area is 142 Å². The quantitative estimate of drug-likeness (QED) is 0.364. The van der Waals surface area contributed by atoms with Gasteiger partial charge in [0.05, 0.1) is 6.10 Å². The fraction of sp³-hybridized carbons (Fsp3) is 0.947. The first-order valence-corrected chi connectivity index (χ1v) is 9.69. The summed E-state index contributed by atoms with van der Waals surface area (Å²) in [7, 11) is 0. The summed E-state index contributed by atoms with van der Waals surface area (Å²) < 4.78 is 0. The van der Waals surface area contributed by atoms with E-state index < -0.39 is 0 Å². The highest BCUT2D eigenvalue weighted by Crippen LogP contribution is 2.29. The minimum atomic E-state index is -0.382. The molecule has 1 saturated carbocycles. The predicted molar refractivity (Wildman–Crippen MR) is 95.6 cm³/mol. The maximum atomic E-state index is 12.5. The number of amides is 1. The van der Waals surface area contributed by atoms with Crippen molar-refractivity contribution in [3.05, 3.63) is 0 Å². The van der Waals surface area contributed by atoms with Crippen molar-refractivity contribution in [1.82, 2.24) is 5.01 Å². The molecule has 0 aliphatic heterocycles. The van der Waals surface area contributed by atoms with E-state index in [4.69, 9.17) is 5.84 Å². The Balaban J connectivity index is 2.42. The molecule has 0 heterocycles. The highest BCUT2D eigenvalue weighted by atomic mass is 16.3. The van der Waals surface area contributed by atoms with Gasteiger partial charge in [-0.15, -0.1) is 0 Å². The maximum Gasteiger partial charge on any atom is 0.239 e. The van der Waals surface area contributed by atoms with Crippen molar-refractivity contribution >= 4 is 5.91 Å². The molecule has 0 bridgehead atoms. The smallest absolute Gasteiger partial charge is 0.239 e. The number of hydrogen-bond donors (Lipinski definition) is 2. The number of aliphatic hydroxyl groups is 1. The number of unbranched alkanes of at least 4 members (excludes halogenated alkanes) is 1. The van der Waals surface area contributed by atoms with E-state index in [2.05, 4.69) is 6.92 Å². The van der Waals surface area contributed by atoms with Crippen molar-refractivity contribution in [2.75, 3.05) is 6.54 Å². The van der Waals surface area contributed by atoms with Crippen LogP contribution in [-0.2, 0) is 4.79 Å². The van der Waals surface area contributed by atoms with E-state index >= 15 is 0 Å². The molecule has 1 fully saturated rings. The van der Waals surface area contributed by atoms with E-state index in [1.807, 2.05) is 13.8 Å². The van der Waals surface area contributed by atoms with Crippen molar-refractivity contribution in [1.29, 1.82) is 0 Å². The normalized spacial score (nSPS) is 18.9. The number of carbonyl (C=O) groups is 1. The van der Waals surface area contributed by atoms with Crippen LogP contribution in [0.5, 0.6) is 0 Å². The van der Waals surface area contributed by atoms with E-state index in [-0.39, 0.29) is 23.8 Å². The Morgan fingerprint density at radius 3 is 2.48 bits per heavy atom. The Bertz CT molecular complexity index is 327. The summed E-state index contributed by atoms with van der Waals surface area (Å²) in [5.41, 5.74) is 0. The monoisotopic (exact) mass is 326 g/mol. The largest absolute Gasteiger partial charge is 0.393 e. The van der Waals surface area contributed by atoms with Gasteiger partial charge in [-0.1, -0.05) is 59.3 Å². The van der Waals surface area contributed by atoms with Crippen LogP contribution in [-0.4, -0.2) is 28.7 Å². The van der Waals surface area contributed by atoms with Crippen LogP contribution in [0.2, 0.25) is 0 Å². The summed E-state index contributed by atoms with van der Waals surface area (Å²) in [6, 6.07) is 0. The van der Waals surface area contributed by atoms with Gasteiger partial charge in [0.25, 0.3) is 0 Å². The molecule has 0 aromatic heterocycles. The van der Waals surface area contributed by atoms with Crippen LogP contribution in [0.1, 0.15) is 85.0 Å². The summed E-state index contributed by atoms with van der Waals surface area (Å²) in [4.78, 5) is 12.5. The van der Waals surface area contributed by atoms with Crippen molar-refractivity contribution in [2.24, 2.45) is 23.6 Å². The van der Waals surface area contributed by atoms with Crippen LogP contribution in [0.15, 0.2) is 0 Å². The van der Waals surface area contributed by atoms with Crippen molar-refractivity contribution < 1.29 is 9.90 Å². The third-order valence-electron chi connectivity index (χ3n) is 5.32. The molecular formula is C19H38N2O2. The molecular weight excluding hydrogens is 288 g/mol. The van der Waals surface area contributed by atoms with Gasteiger partial charge < -0.3 is 5.11 Å². The topological polar surface area (TPSA) is 66.6 Å². The highest BCUT2D eigenvalue weighted by Gasteiger charge is 2.28. The number of nitrogens with zero attached hydrogens (tertiary/aromatic N) is 1. The molecule has 0 aromatic carbocycles. The lowest BCUT2D eigenvalue weighted by Gasteiger charge is -2.28. The zero-order valence-corrected chi connectivity index (χ0v) is 15.5. The van der Waals surface area contributed by atoms with Crippen molar-refractivity contribution in [3.63, 3.8) is 0 Å². The summed E-state index contributed by atoms with van der Waals surface area (Å²) >= 11 is 0. The van der Waals surface area contributed by atoms with Crippen molar-refractivity contribution in [3.8, 4) is 0 Å². The van der Waals surface area contributed by atoms with Gasteiger partial charge in [-0.25, -0.2) is 5.84 Å². The standard InChI is InChI=1S/C19H38N2O2/c1-4-5-13-21(20)19(23)18(15(2)3)14-17(22)12-11-16-9-7-6-8-10-16/h15-18,22H,4-14,20H2,1-3H3/t17-,18-/m0/s1. The van der Waals surface area contributed by atoms with Crippen LogP contribution in [0.4, 0.5) is 0 Å². The van der Waals surface area contributed by atoms with Gasteiger partial charge in [-0.2, -0.15) is 0 Å². The molecule has 136 valence electrons. The lowest BCUT2D eigenvalue weighted by Crippen LogP contribution is -2.44. The van der Waals surface area contributed by atoms with Crippen molar-refractivity contribution in [2.45, 2.75) is 91.1 Å². The minimum Gasteiger partial charge on any atom is -0.393 e. The molecule has 4 heteroatoms. The molecule has 23 heavy (non-hydrogen) atoms. The number of hydrogen-bond acceptors (Lipinski definition) is 3. The number of aliphatic hydroxyl groups excluding tert-OH is 1. The Morgan fingerprint density at radius 1 is 1.26 bits per heavy atom. The third-order valence-corrected chi connectivity index (χ3v) is 5.32. The molecule has 1 aliphatic rings. The van der Waals surface area contributed by atoms with Gasteiger partial charge in [0.15, 0.2) is 0 Å². The zero-order chi connectivity index (χ0) is 17.2. The summed E-state index contributed by atoms with van der Waals surface area (Å²) in [6.45, 7) is 6.79. The van der Waals surface area contributed by atoms with Crippen LogP contribution >= 0.6 is 0 Å². The molecule has 0 spiro atoms. The second-order valence-electron chi connectivity index (χ2n) is 7.71. The van der Waals surface area contributed by atoms with E-state index in [0.717, 1.165) is 31.6 Å². The van der Waals surface area contributed by atoms with Gasteiger partial charge in [0.2, 0.25) is 5.91 Å². The molecule has 0 aromatic rings. The second kappa shape index (κ2) is 11.0. The molecule has 0 unspecified atom stereocenters. The van der Waals surface area contributed by atoms with E-state index in [1.165, 1.54) is 37.1 Å². The summed E-state index contributed by atoms with van der Waals surface area (Å²) in [6.07, 6.45) is 10.7.